The van der Waals surface area contributed by atoms with Crippen molar-refractivity contribution in [2.75, 3.05) is 5.32 Å². The lowest BCUT2D eigenvalue weighted by Crippen LogP contribution is -2.11. The lowest BCUT2D eigenvalue weighted by atomic mass is 10.1. The van der Waals surface area contributed by atoms with Gasteiger partial charge in [0.2, 0.25) is 0 Å². The Morgan fingerprint density at radius 2 is 1.88 bits per heavy atom. The molecule has 0 fully saturated rings. The lowest BCUT2D eigenvalue weighted by Gasteiger charge is -2.12. The molecule has 9 heteroatoms. The van der Waals surface area contributed by atoms with Crippen LogP contribution in [0.2, 0.25) is 0 Å². The molecule has 0 unspecified atom stereocenters. The topological polar surface area (TPSA) is 73.0 Å². The van der Waals surface area contributed by atoms with Crippen molar-refractivity contribution in [3.63, 3.8) is 0 Å². The molecule has 0 radical (unpaired) electrons. The Morgan fingerprint density at radius 3 is 2.54 bits per heavy atom. The van der Waals surface area contributed by atoms with Gasteiger partial charge in [-0.3, -0.25) is 10.1 Å². The van der Waals surface area contributed by atoms with E-state index in [1.54, 1.807) is 17.0 Å². The van der Waals surface area contributed by atoms with Crippen LogP contribution in [0.3, 0.4) is 0 Å². The second-order valence-corrected chi connectivity index (χ2v) is 5.39. The Kier molecular flexibility index (Phi) is 4.61. The molecule has 3 aromatic rings. The zero-order valence-corrected chi connectivity index (χ0v) is 13.3. The minimum atomic E-state index is -4.82. The molecule has 6 nitrogen and oxygen atoms in total. The van der Waals surface area contributed by atoms with Gasteiger partial charge in [-0.25, -0.2) is 4.98 Å². The molecule has 0 spiro atoms. The summed E-state index contributed by atoms with van der Waals surface area (Å²) in [6, 6.07) is 12.1. The van der Waals surface area contributed by atoms with Gasteiger partial charge in [-0.2, -0.15) is 13.2 Å². The third kappa shape index (κ3) is 3.66. The SMILES string of the molecule is O=[N+]([O-])c1ccc(NCc2nccn2-c2ccccc2)cc1C(F)(F)F. The van der Waals surface area contributed by atoms with Crippen molar-refractivity contribution < 1.29 is 18.1 Å². The molecule has 3 rings (SSSR count). The van der Waals surface area contributed by atoms with E-state index in [2.05, 4.69) is 10.3 Å². The van der Waals surface area contributed by atoms with Gasteiger partial charge in [-0.15, -0.1) is 0 Å². The molecule has 0 amide bonds. The third-order valence-electron chi connectivity index (χ3n) is 3.70. The van der Waals surface area contributed by atoms with Gasteiger partial charge in [0.05, 0.1) is 11.5 Å². The van der Waals surface area contributed by atoms with Crippen molar-refractivity contribution in [1.29, 1.82) is 0 Å². The van der Waals surface area contributed by atoms with E-state index in [9.17, 15) is 23.3 Å². The average Bonchev–Trinajstić information content (AvgIpc) is 3.08. The number of halogens is 3. The monoisotopic (exact) mass is 362 g/mol. The zero-order valence-electron chi connectivity index (χ0n) is 13.3. The number of imidazole rings is 1. The minimum Gasteiger partial charge on any atom is -0.378 e. The molecular formula is C17H13F3N4O2. The fraction of sp³-hybridized carbons (Fsp3) is 0.118. The van der Waals surface area contributed by atoms with E-state index in [-0.39, 0.29) is 12.2 Å². The molecule has 0 saturated carbocycles. The van der Waals surface area contributed by atoms with E-state index in [0.29, 0.717) is 5.82 Å². The fourth-order valence-corrected chi connectivity index (χ4v) is 2.50. The van der Waals surface area contributed by atoms with Crippen molar-refractivity contribution in [2.45, 2.75) is 12.7 Å². The van der Waals surface area contributed by atoms with Gasteiger partial charge in [0.15, 0.2) is 0 Å². The molecule has 26 heavy (non-hydrogen) atoms. The Morgan fingerprint density at radius 1 is 1.15 bits per heavy atom. The number of anilines is 1. The number of hydrogen-bond acceptors (Lipinski definition) is 4. The molecule has 0 bridgehead atoms. The Bertz CT molecular complexity index is 923. The van der Waals surface area contributed by atoms with Crippen molar-refractivity contribution in [2.24, 2.45) is 0 Å². The number of alkyl halides is 3. The summed E-state index contributed by atoms with van der Waals surface area (Å²) >= 11 is 0. The van der Waals surface area contributed by atoms with Crippen LogP contribution in [0.4, 0.5) is 24.5 Å². The predicted molar refractivity (Wildman–Crippen MR) is 89.0 cm³/mol. The first kappa shape index (κ1) is 17.5. The minimum absolute atomic E-state index is 0.116. The van der Waals surface area contributed by atoms with Gasteiger partial charge in [-0.05, 0) is 24.3 Å². The smallest absolute Gasteiger partial charge is 0.378 e. The van der Waals surface area contributed by atoms with Gasteiger partial charge in [0, 0.05) is 29.8 Å². The Hall–Kier alpha value is -3.36. The van der Waals surface area contributed by atoms with Crippen LogP contribution in [0.25, 0.3) is 5.69 Å². The number of para-hydroxylation sites is 1. The Labute approximate surface area is 146 Å². The van der Waals surface area contributed by atoms with Crippen molar-refractivity contribution in [3.05, 3.63) is 82.4 Å². The van der Waals surface area contributed by atoms with E-state index in [4.69, 9.17) is 0 Å². The van der Waals surface area contributed by atoms with Crippen molar-refractivity contribution in [1.82, 2.24) is 9.55 Å². The van der Waals surface area contributed by atoms with E-state index < -0.39 is 22.4 Å². The highest BCUT2D eigenvalue weighted by Crippen LogP contribution is 2.37. The van der Waals surface area contributed by atoms with Crippen LogP contribution in [0.5, 0.6) is 0 Å². The fourth-order valence-electron chi connectivity index (χ4n) is 2.50. The van der Waals surface area contributed by atoms with Crippen LogP contribution in [-0.4, -0.2) is 14.5 Å². The molecular weight excluding hydrogens is 349 g/mol. The largest absolute Gasteiger partial charge is 0.423 e. The summed E-state index contributed by atoms with van der Waals surface area (Å²) in [5.74, 6) is 0.586. The highest BCUT2D eigenvalue weighted by molar-refractivity contribution is 5.55. The molecule has 0 saturated heterocycles. The van der Waals surface area contributed by atoms with Crippen LogP contribution < -0.4 is 5.32 Å². The maximum atomic E-state index is 13.0. The molecule has 2 aromatic carbocycles. The number of hydrogen-bond donors (Lipinski definition) is 1. The molecule has 1 N–H and O–H groups in total. The molecule has 0 aliphatic carbocycles. The van der Waals surface area contributed by atoms with E-state index in [0.717, 1.165) is 17.8 Å². The third-order valence-corrected chi connectivity index (χ3v) is 3.70. The van der Waals surface area contributed by atoms with E-state index in [1.165, 1.54) is 6.07 Å². The first-order chi connectivity index (χ1) is 12.4. The zero-order chi connectivity index (χ0) is 18.7. The quantitative estimate of drug-likeness (QED) is 0.539. The number of aromatic nitrogens is 2. The average molecular weight is 362 g/mol. The molecule has 0 atom stereocenters. The van der Waals surface area contributed by atoms with Crippen LogP contribution in [0.1, 0.15) is 11.4 Å². The van der Waals surface area contributed by atoms with Gasteiger partial charge in [0.1, 0.15) is 11.4 Å². The Balaban J connectivity index is 1.84. The number of nitro benzene ring substituents is 1. The highest BCUT2D eigenvalue weighted by atomic mass is 19.4. The normalized spacial score (nSPS) is 11.3. The van der Waals surface area contributed by atoms with Crippen molar-refractivity contribution >= 4 is 11.4 Å². The molecule has 134 valence electrons. The molecule has 1 aromatic heterocycles. The maximum absolute atomic E-state index is 13.0. The van der Waals surface area contributed by atoms with Crippen LogP contribution in [0.15, 0.2) is 60.9 Å². The predicted octanol–water partition coefficient (Wildman–Crippen LogP) is 4.41. The van der Waals surface area contributed by atoms with Gasteiger partial charge >= 0.3 is 6.18 Å². The van der Waals surface area contributed by atoms with Crippen molar-refractivity contribution in [3.8, 4) is 5.69 Å². The number of nitrogens with zero attached hydrogens (tertiary/aromatic N) is 3. The van der Waals surface area contributed by atoms with Gasteiger partial charge in [-0.1, -0.05) is 18.2 Å². The maximum Gasteiger partial charge on any atom is 0.423 e. The molecule has 1 heterocycles. The van der Waals surface area contributed by atoms with Gasteiger partial charge in [0.25, 0.3) is 5.69 Å². The number of benzene rings is 2. The van der Waals surface area contributed by atoms with Gasteiger partial charge < -0.3 is 9.88 Å². The summed E-state index contributed by atoms with van der Waals surface area (Å²) in [5.41, 5.74) is -1.29. The first-order valence-corrected chi connectivity index (χ1v) is 7.53. The summed E-state index contributed by atoms with van der Waals surface area (Å²) in [4.78, 5) is 13.9. The summed E-state index contributed by atoms with van der Waals surface area (Å²) in [6.45, 7) is 0.150. The van der Waals surface area contributed by atoms with Crippen LogP contribution in [-0.2, 0) is 12.7 Å². The molecule has 0 aliphatic heterocycles. The summed E-state index contributed by atoms with van der Waals surface area (Å²) in [7, 11) is 0. The second-order valence-electron chi connectivity index (χ2n) is 5.39. The second kappa shape index (κ2) is 6.87. The standard InChI is InChI=1S/C17H13F3N4O2/c18-17(19,20)14-10-12(6-7-15(14)24(25)26)22-11-16-21-8-9-23(16)13-4-2-1-3-5-13/h1-10,22H,11H2. The summed E-state index contributed by atoms with van der Waals surface area (Å²) in [5, 5.41) is 13.6. The highest BCUT2D eigenvalue weighted by Gasteiger charge is 2.38. The first-order valence-electron chi connectivity index (χ1n) is 7.53. The van der Waals surface area contributed by atoms with Crippen LogP contribution >= 0.6 is 0 Å². The summed E-state index contributed by atoms with van der Waals surface area (Å²) < 4.78 is 40.9. The number of rotatable bonds is 5. The molecule has 0 aliphatic rings. The lowest BCUT2D eigenvalue weighted by molar-refractivity contribution is -0.388. The number of nitro groups is 1. The van der Waals surface area contributed by atoms with E-state index in [1.807, 2.05) is 30.3 Å². The number of nitrogens with one attached hydrogen (secondary N) is 1. The summed E-state index contributed by atoms with van der Waals surface area (Å²) in [6.07, 6.45) is -1.49. The van der Waals surface area contributed by atoms with E-state index >= 15 is 0 Å². The van der Waals surface area contributed by atoms with Crippen LogP contribution in [0, 0.1) is 10.1 Å².